The van der Waals surface area contributed by atoms with Crippen molar-refractivity contribution in [2.75, 3.05) is 37.6 Å². The summed E-state index contributed by atoms with van der Waals surface area (Å²) in [5.41, 5.74) is 3.66. The lowest BCUT2D eigenvalue weighted by atomic mass is 10.2. The molecule has 23 heavy (non-hydrogen) atoms. The highest BCUT2D eigenvalue weighted by molar-refractivity contribution is 6.29. The molecule has 120 valence electrons. The van der Waals surface area contributed by atoms with Crippen LogP contribution < -0.4 is 4.90 Å². The highest BCUT2D eigenvalue weighted by Gasteiger charge is 2.17. The lowest BCUT2D eigenvalue weighted by Crippen LogP contribution is -2.46. The van der Waals surface area contributed by atoms with Gasteiger partial charge >= 0.3 is 0 Å². The summed E-state index contributed by atoms with van der Waals surface area (Å²) in [5, 5.41) is 0.566. The van der Waals surface area contributed by atoms with Crippen LogP contribution in [0.25, 0.3) is 6.08 Å². The van der Waals surface area contributed by atoms with Crippen LogP contribution in [0, 0.1) is 6.92 Å². The van der Waals surface area contributed by atoms with Gasteiger partial charge in [-0.1, -0.05) is 54.1 Å². The van der Waals surface area contributed by atoms with Crippen LogP contribution in [0.5, 0.6) is 0 Å². The minimum absolute atomic E-state index is 0.566. The molecule has 0 amide bonds. The molecule has 2 heterocycles. The SMILES string of the molecule is Cc1cc(Cl)ncc1N1CCN(C/C=C/c2ccccc2)CC1. The van der Waals surface area contributed by atoms with Crippen molar-refractivity contribution in [3.63, 3.8) is 0 Å². The van der Waals surface area contributed by atoms with E-state index in [0.29, 0.717) is 5.15 Å². The first-order valence-corrected chi connectivity index (χ1v) is 8.41. The second-order valence-corrected chi connectivity index (χ2v) is 6.28. The zero-order valence-electron chi connectivity index (χ0n) is 13.5. The number of pyridine rings is 1. The van der Waals surface area contributed by atoms with Crippen molar-refractivity contribution in [3.8, 4) is 0 Å². The lowest BCUT2D eigenvalue weighted by molar-refractivity contribution is 0.284. The van der Waals surface area contributed by atoms with Crippen molar-refractivity contribution in [2.45, 2.75) is 6.92 Å². The Kier molecular flexibility index (Phi) is 5.31. The molecule has 0 unspecified atom stereocenters. The molecule has 0 radical (unpaired) electrons. The Morgan fingerprint density at radius 2 is 1.87 bits per heavy atom. The summed E-state index contributed by atoms with van der Waals surface area (Å²) < 4.78 is 0. The molecule has 0 N–H and O–H groups in total. The monoisotopic (exact) mass is 327 g/mol. The molecule has 0 atom stereocenters. The Hall–Kier alpha value is -1.84. The number of hydrogen-bond donors (Lipinski definition) is 0. The van der Waals surface area contributed by atoms with Crippen LogP contribution in [0.2, 0.25) is 5.15 Å². The van der Waals surface area contributed by atoms with Crippen molar-refractivity contribution >= 4 is 23.4 Å². The molecule has 1 fully saturated rings. The van der Waals surface area contributed by atoms with E-state index < -0.39 is 0 Å². The Labute approximate surface area is 143 Å². The van der Waals surface area contributed by atoms with Crippen LogP contribution in [-0.4, -0.2) is 42.6 Å². The van der Waals surface area contributed by atoms with Gasteiger partial charge in [0.25, 0.3) is 0 Å². The van der Waals surface area contributed by atoms with Gasteiger partial charge in [-0.25, -0.2) is 4.98 Å². The van der Waals surface area contributed by atoms with Gasteiger partial charge in [0.15, 0.2) is 0 Å². The van der Waals surface area contributed by atoms with Gasteiger partial charge in [0, 0.05) is 32.7 Å². The largest absolute Gasteiger partial charge is 0.368 e. The van der Waals surface area contributed by atoms with E-state index in [1.54, 1.807) is 0 Å². The fourth-order valence-electron chi connectivity index (χ4n) is 2.92. The molecule has 1 aliphatic heterocycles. The van der Waals surface area contributed by atoms with Crippen LogP contribution in [0.3, 0.4) is 0 Å². The maximum atomic E-state index is 5.94. The average molecular weight is 328 g/mol. The number of aryl methyl sites for hydroxylation is 1. The van der Waals surface area contributed by atoms with E-state index >= 15 is 0 Å². The third-order valence-corrected chi connectivity index (χ3v) is 4.44. The van der Waals surface area contributed by atoms with Crippen molar-refractivity contribution in [3.05, 3.63) is 65.0 Å². The van der Waals surface area contributed by atoms with E-state index in [-0.39, 0.29) is 0 Å². The third-order valence-electron chi connectivity index (χ3n) is 4.24. The fraction of sp³-hybridized carbons (Fsp3) is 0.316. The first-order valence-electron chi connectivity index (χ1n) is 8.03. The number of piperazine rings is 1. The third kappa shape index (κ3) is 4.34. The van der Waals surface area contributed by atoms with E-state index in [4.69, 9.17) is 11.6 Å². The molecule has 4 heteroatoms. The van der Waals surface area contributed by atoms with Crippen LogP contribution in [0.1, 0.15) is 11.1 Å². The smallest absolute Gasteiger partial charge is 0.129 e. The summed E-state index contributed by atoms with van der Waals surface area (Å²) in [6.07, 6.45) is 6.34. The van der Waals surface area contributed by atoms with Crippen molar-refractivity contribution in [1.82, 2.24) is 9.88 Å². The van der Waals surface area contributed by atoms with Crippen molar-refractivity contribution in [1.29, 1.82) is 0 Å². The number of rotatable bonds is 4. The minimum atomic E-state index is 0.566. The van der Waals surface area contributed by atoms with Crippen LogP contribution in [0.15, 0.2) is 48.7 Å². The lowest BCUT2D eigenvalue weighted by Gasteiger charge is -2.36. The molecule has 1 aromatic carbocycles. The van der Waals surface area contributed by atoms with Gasteiger partial charge in [-0.15, -0.1) is 0 Å². The molecule has 1 aliphatic rings. The van der Waals surface area contributed by atoms with E-state index in [9.17, 15) is 0 Å². The van der Waals surface area contributed by atoms with Crippen LogP contribution in [-0.2, 0) is 0 Å². The summed E-state index contributed by atoms with van der Waals surface area (Å²) in [7, 11) is 0. The molecule has 3 nitrogen and oxygen atoms in total. The quantitative estimate of drug-likeness (QED) is 0.794. The Balaban J connectivity index is 1.51. The zero-order chi connectivity index (χ0) is 16.1. The molecule has 2 aromatic rings. The summed E-state index contributed by atoms with van der Waals surface area (Å²) >= 11 is 5.94. The van der Waals surface area contributed by atoms with Gasteiger partial charge in [0.05, 0.1) is 11.9 Å². The van der Waals surface area contributed by atoms with E-state index in [2.05, 4.69) is 58.1 Å². The van der Waals surface area contributed by atoms with Gasteiger partial charge in [-0.05, 0) is 24.1 Å². The molecular weight excluding hydrogens is 306 g/mol. The van der Waals surface area contributed by atoms with E-state index in [1.807, 2.05) is 18.3 Å². The number of nitrogens with zero attached hydrogens (tertiary/aromatic N) is 3. The predicted octanol–water partition coefficient (Wildman–Crippen LogP) is 3.88. The second kappa shape index (κ2) is 7.62. The Morgan fingerprint density at radius 3 is 2.57 bits per heavy atom. The van der Waals surface area contributed by atoms with Crippen molar-refractivity contribution in [2.24, 2.45) is 0 Å². The summed E-state index contributed by atoms with van der Waals surface area (Å²) in [5.74, 6) is 0. The standard InChI is InChI=1S/C19H22ClN3/c1-16-14-19(20)21-15-18(16)23-12-10-22(11-13-23)9-5-8-17-6-3-2-4-7-17/h2-8,14-15H,9-13H2,1H3/b8-5+. The van der Waals surface area contributed by atoms with Gasteiger partial charge < -0.3 is 4.90 Å². The molecular formula is C19H22ClN3. The number of anilines is 1. The number of benzene rings is 1. The first kappa shape index (κ1) is 16.0. The van der Waals surface area contributed by atoms with E-state index in [0.717, 1.165) is 32.7 Å². The number of halogens is 1. The molecule has 1 saturated heterocycles. The molecule has 3 rings (SSSR count). The Morgan fingerprint density at radius 1 is 1.13 bits per heavy atom. The first-order chi connectivity index (χ1) is 11.2. The minimum Gasteiger partial charge on any atom is -0.368 e. The number of hydrogen-bond acceptors (Lipinski definition) is 3. The zero-order valence-corrected chi connectivity index (χ0v) is 14.2. The van der Waals surface area contributed by atoms with Crippen LogP contribution in [0.4, 0.5) is 5.69 Å². The maximum absolute atomic E-state index is 5.94. The van der Waals surface area contributed by atoms with Gasteiger partial charge in [0.2, 0.25) is 0 Å². The molecule has 0 spiro atoms. The second-order valence-electron chi connectivity index (χ2n) is 5.89. The van der Waals surface area contributed by atoms with Crippen molar-refractivity contribution < 1.29 is 0 Å². The number of aromatic nitrogens is 1. The molecule has 1 aromatic heterocycles. The highest BCUT2D eigenvalue weighted by Crippen LogP contribution is 2.22. The fourth-order valence-corrected chi connectivity index (χ4v) is 3.13. The average Bonchev–Trinajstić information content (AvgIpc) is 2.57. The molecule has 0 saturated carbocycles. The maximum Gasteiger partial charge on any atom is 0.129 e. The molecule has 0 bridgehead atoms. The normalized spacial score (nSPS) is 16.2. The van der Waals surface area contributed by atoms with Crippen LogP contribution >= 0.6 is 11.6 Å². The Bertz CT molecular complexity index is 662. The molecule has 0 aliphatic carbocycles. The summed E-state index contributed by atoms with van der Waals surface area (Å²) in [6, 6.07) is 12.4. The van der Waals surface area contributed by atoms with E-state index in [1.165, 1.54) is 16.8 Å². The van der Waals surface area contributed by atoms with Gasteiger partial charge in [0.1, 0.15) is 5.15 Å². The summed E-state index contributed by atoms with van der Waals surface area (Å²) in [4.78, 5) is 9.10. The predicted molar refractivity (Wildman–Crippen MR) is 98.1 cm³/mol. The highest BCUT2D eigenvalue weighted by atomic mass is 35.5. The summed E-state index contributed by atoms with van der Waals surface area (Å²) in [6.45, 7) is 7.30. The van der Waals surface area contributed by atoms with Gasteiger partial charge in [-0.3, -0.25) is 4.90 Å². The van der Waals surface area contributed by atoms with Gasteiger partial charge in [-0.2, -0.15) is 0 Å². The topological polar surface area (TPSA) is 19.4 Å².